The molecule has 3 rings (SSSR count). The van der Waals surface area contributed by atoms with Crippen molar-refractivity contribution in [2.45, 2.75) is 19.9 Å². The van der Waals surface area contributed by atoms with Gasteiger partial charge in [0.15, 0.2) is 0 Å². The molecule has 0 aliphatic rings. The molecule has 1 amide bonds. The lowest BCUT2D eigenvalue weighted by Gasteiger charge is -2.14. The smallest absolute Gasteiger partial charge is 0.275 e. The van der Waals surface area contributed by atoms with Crippen LogP contribution in [0.4, 0.5) is 11.4 Å². The number of nitrogens with zero attached hydrogens (tertiary/aromatic N) is 3. The van der Waals surface area contributed by atoms with Crippen LogP contribution < -0.4 is 10.1 Å². The van der Waals surface area contributed by atoms with Gasteiger partial charge in [0.05, 0.1) is 22.9 Å². The summed E-state index contributed by atoms with van der Waals surface area (Å²) in [5.74, 6) is 0.318. The number of rotatable bonds is 6. The van der Waals surface area contributed by atoms with E-state index in [9.17, 15) is 14.9 Å². The minimum absolute atomic E-state index is 0.204. The molecule has 3 aromatic rings. The Morgan fingerprint density at radius 2 is 1.96 bits per heavy atom. The summed E-state index contributed by atoms with van der Waals surface area (Å²) >= 11 is 5.85. The molecule has 9 heteroatoms. The normalized spacial score (nSPS) is 11.7. The highest BCUT2D eigenvalue weighted by Crippen LogP contribution is 2.30. The number of aromatic nitrogens is 2. The van der Waals surface area contributed by atoms with E-state index < -0.39 is 11.0 Å². The van der Waals surface area contributed by atoms with E-state index in [-0.39, 0.29) is 23.0 Å². The van der Waals surface area contributed by atoms with E-state index in [1.54, 1.807) is 43.6 Å². The Morgan fingerprint density at radius 1 is 1.25 bits per heavy atom. The maximum absolute atomic E-state index is 12.5. The van der Waals surface area contributed by atoms with Crippen molar-refractivity contribution in [3.8, 4) is 11.5 Å². The van der Waals surface area contributed by atoms with Gasteiger partial charge in [-0.25, -0.2) is 0 Å². The summed E-state index contributed by atoms with van der Waals surface area (Å²) < 4.78 is 7.18. The second-order valence-corrected chi connectivity index (χ2v) is 6.63. The van der Waals surface area contributed by atoms with E-state index in [0.29, 0.717) is 10.8 Å². The number of carbonyl (C=O) groups is 1. The Hall–Kier alpha value is -3.39. The van der Waals surface area contributed by atoms with Crippen molar-refractivity contribution in [3.05, 3.63) is 75.6 Å². The first-order chi connectivity index (χ1) is 13.3. The minimum Gasteiger partial charge on any atom is -0.457 e. The lowest BCUT2D eigenvalue weighted by molar-refractivity contribution is -0.384. The number of ether oxygens (including phenoxy) is 1. The molecule has 0 aliphatic carbocycles. The quantitative estimate of drug-likeness (QED) is 0.475. The molecule has 0 saturated carbocycles. The lowest BCUT2D eigenvalue weighted by Crippen LogP contribution is -2.24. The zero-order valence-electron chi connectivity index (χ0n) is 15.1. The van der Waals surface area contributed by atoms with Crippen LogP contribution in [0.25, 0.3) is 0 Å². The van der Waals surface area contributed by atoms with Crippen LogP contribution >= 0.6 is 11.6 Å². The number of hydrogen-bond donors (Lipinski definition) is 1. The summed E-state index contributed by atoms with van der Waals surface area (Å²) in [5.41, 5.74) is 0.969. The lowest BCUT2D eigenvalue weighted by atomic mass is 10.2. The molecule has 1 unspecified atom stereocenters. The van der Waals surface area contributed by atoms with Crippen LogP contribution in [0.3, 0.4) is 0 Å². The number of nitro benzene ring substituents is 1. The van der Waals surface area contributed by atoms with Gasteiger partial charge in [-0.15, -0.1) is 0 Å². The first-order valence-electron chi connectivity index (χ1n) is 8.36. The fraction of sp³-hybridized carbons (Fsp3) is 0.158. The van der Waals surface area contributed by atoms with Crippen molar-refractivity contribution in [2.75, 3.05) is 5.32 Å². The molecule has 0 bridgehead atoms. The molecular weight excluding hydrogens is 384 g/mol. The van der Waals surface area contributed by atoms with Crippen LogP contribution in [0.1, 0.15) is 18.5 Å². The fourth-order valence-electron chi connectivity index (χ4n) is 2.47. The van der Waals surface area contributed by atoms with Crippen LogP contribution in [0.5, 0.6) is 11.5 Å². The standard InChI is InChI=1S/C19H17ClN4O4/c1-12-10-21-23(11-12)13(2)19(25)22-15-7-16(24(26)27)9-18(8-15)28-17-5-3-14(20)4-6-17/h3-11,13H,1-2H3,(H,22,25). The average molecular weight is 401 g/mol. The maximum Gasteiger partial charge on any atom is 0.275 e. The number of aryl methyl sites for hydroxylation is 1. The van der Waals surface area contributed by atoms with Gasteiger partial charge in [0.2, 0.25) is 5.91 Å². The summed E-state index contributed by atoms with van der Waals surface area (Å²) in [7, 11) is 0. The van der Waals surface area contributed by atoms with E-state index in [1.165, 1.54) is 22.9 Å². The van der Waals surface area contributed by atoms with Gasteiger partial charge in [-0.05, 0) is 43.7 Å². The van der Waals surface area contributed by atoms with Crippen LogP contribution in [0, 0.1) is 17.0 Å². The molecule has 1 aromatic heterocycles. The third kappa shape index (κ3) is 4.66. The van der Waals surface area contributed by atoms with Crippen molar-refractivity contribution in [2.24, 2.45) is 0 Å². The Bertz CT molecular complexity index is 1020. The number of nitro groups is 1. The monoisotopic (exact) mass is 400 g/mol. The average Bonchev–Trinajstić information content (AvgIpc) is 3.09. The Kier molecular flexibility index (Phi) is 5.60. The van der Waals surface area contributed by atoms with Gasteiger partial charge >= 0.3 is 0 Å². The molecule has 0 radical (unpaired) electrons. The number of nitrogens with one attached hydrogen (secondary N) is 1. The first kappa shape index (κ1) is 19.4. The molecule has 28 heavy (non-hydrogen) atoms. The van der Waals surface area contributed by atoms with Gasteiger partial charge in [0, 0.05) is 23.4 Å². The highest BCUT2D eigenvalue weighted by Gasteiger charge is 2.18. The largest absolute Gasteiger partial charge is 0.457 e. The van der Waals surface area contributed by atoms with Crippen molar-refractivity contribution < 1.29 is 14.5 Å². The van der Waals surface area contributed by atoms with E-state index in [1.807, 2.05) is 6.92 Å². The molecule has 144 valence electrons. The summed E-state index contributed by atoms with van der Waals surface area (Å²) in [6.45, 7) is 3.55. The van der Waals surface area contributed by atoms with Crippen molar-refractivity contribution in [3.63, 3.8) is 0 Å². The molecule has 1 heterocycles. The highest BCUT2D eigenvalue weighted by molar-refractivity contribution is 6.30. The molecular formula is C19H17ClN4O4. The van der Waals surface area contributed by atoms with E-state index >= 15 is 0 Å². The van der Waals surface area contributed by atoms with Crippen molar-refractivity contribution in [1.82, 2.24) is 9.78 Å². The summed E-state index contributed by atoms with van der Waals surface area (Å²) in [4.78, 5) is 23.2. The zero-order chi connectivity index (χ0) is 20.3. The Morgan fingerprint density at radius 3 is 2.57 bits per heavy atom. The number of amides is 1. The van der Waals surface area contributed by atoms with Gasteiger partial charge in [-0.3, -0.25) is 19.6 Å². The molecule has 0 fully saturated rings. The molecule has 8 nitrogen and oxygen atoms in total. The van der Waals surface area contributed by atoms with Crippen LogP contribution in [-0.2, 0) is 4.79 Å². The molecule has 0 aliphatic heterocycles. The van der Waals surface area contributed by atoms with Gasteiger partial charge < -0.3 is 10.1 Å². The SMILES string of the molecule is Cc1cnn(C(C)C(=O)Nc2cc(Oc3ccc(Cl)cc3)cc([N+](=O)[O-])c2)c1. The molecule has 0 saturated heterocycles. The minimum atomic E-state index is -0.589. The highest BCUT2D eigenvalue weighted by atomic mass is 35.5. The number of halogens is 1. The first-order valence-corrected chi connectivity index (χ1v) is 8.74. The van der Waals surface area contributed by atoms with Gasteiger partial charge in [-0.1, -0.05) is 11.6 Å². The number of anilines is 1. The summed E-state index contributed by atoms with van der Waals surface area (Å²) in [6, 6.07) is 10.0. The van der Waals surface area contributed by atoms with E-state index in [0.717, 1.165) is 5.56 Å². The molecule has 2 aromatic carbocycles. The third-order valence-corrected chi connectivity index (χ3v) is 4.18. The van der Waals surface area contributed by atoms with E-state index in [4.69, 9.17) is 16.3 Å². The molecule has 1 atom stereocenters. The van der Waals surface area contributed by atoms with Gasteiger partial charge in [0.25, 0.3) is 5.69 Å². The zero-order valence-corrected chi connectivity index (χ0v) is 15.9. The summed E-state index contributed by atoms with van der Waals surface area (Å²) in [5, 5.41) is 18.6. The predicted molar refractivity (Wildman–Crippen MR) is 105 cm³/mol. The predicted octanol–water partition coefficient (Wildman–Crippen LogP) is 4.75. The number of benzene rings is 2. The molecule has 0 spiro atoms. The number of non-ortho nitro benzene ring substituents is 1. The molecule has 1 N–H and O–H groups in total. The topological polar surface area (TPSA) is 99.3 Å². The number of carbonyl (C=O) groups excluding carboxylic acids is 1. The summed E-state index contributed by atoms with van der Waals surface area (Å²) in [6.07, 6.45) is 3.39. The maximum atomic E-state index is 12.5. The van der Waals surface area contributed by atoms with Crippen molar-refractivity contribution >= 4 is 28.9 Å². The Balaban J connectivity index is 1.83. The van der Waals surface area contributed by atoms with E-state index in [2.05, 4.69) is 10.4 Å². The van der Waals surface area contributed by atoms with Gasteiger partial charge in [0.1, 0.15) is 17.5 Å². The van der Waals surface area contributed by atoms with Crippen molar-refractivity contribution in [1.29, 1.82) is 0 Å². The second kappa shape index (κ2) is 8.10. The fourth-order valence-corrected chi connectivity index (χ4v) is 2.60. The van der Waals surface area contributed by atoms with Crippen LogP contribution in [-0.4, -0.2) is 20.6 Å². The van der Waals surface area contributed by atoms with Crippen LogP contribution in [0.15, 0.2) is 54.9 Å². The van der Waals surface area contributed by atoms with Crippen LogP contribution in [0.2, 0.25) is 5.02 Å². The Labute approximate surface area is 165 Å². The van der Waals surface area contributed by atoms with Gasteiger partial charge in [-0.2, -0.15) is 5.10 Å². The third-order valence-electron chi connectivity index (χ3n) is 3.93. The number of hydrogen-bond acceptors (Lipinski definition) is 5. The second-order valence-electron chi connectivity index (χ2n) is 6.19.